The van der Waals surface area contributed by atoms with Crippen molar-refractivity contribution in [3.8, 4) is 22.4 Å². The Labute approximate surface area is 190 Å². The molecule has 2 aromatic heterocycles. The second-order valence-electron chi connectivity index (χ2n) is 6.95. The minimum atomic E-state index is -4.71. The molecule has 0 fully saturated rings. The molecule has 4 rings (SSSR count). The lowest BCUT2D eigenvalue weighted by molar-refractivity contribution is -0.137. The van der Waals surface area contributed by atoms with E-state index in [0.717, 1.165) is 17.0 Å². The van der Waals surface area contributed by atoms with Crippen molar-refractivity contribution in [1.29, 1.82) is 0 Å². The van der Waals surface area contributed by atoms with E-state index in [1.54, 1.807) is 36.4 Å². The lowest BCUT2D eigenvalue weighted by Gasteiger charge is -2.20. The van der Waals surface area contributed by atoms with Crippen LogP contribution in [0.15, 0.2) is 71.5 Å². The number of alkyl halides is 3. The van der Waals surface area contributed by atoms with Gasteiger partial charge in [0, 0.05) is 24.9 Å². The first-order chi connectivity index (χ1) is 15.7. The summed E-state index contributed by atoms with van der Waals surface area (Å²) in [5, 5.41) is 4.16. The molecule has 2 heterocycles. The number of anilines is 2. The van der Waals surface area contributed by atoms with Gasteiger partial charge in [-0.05, 0) is 48.0 Å². The molecule has 0 aliphatic heterocycles. The van der Waals surface area contributed by atoms with Crippen LogP contribution in [-0.2, 0) is 11.0 Å². The Balaban J connectivity index is 1.97. The van der Waals surface area contributed by atoms with E-state index in [-0.39, 0.29) is 33.4 Å². The van der Waals surface area contributed by atoms with Crippen LogP contribution >= 0.6 is 11.6 Å². The molecule has 4 aromatic rings. The molecule has 0 N–H and O–H groups in total. The van der Waals surface area contributed by atoms with Gasteiger partial charge in [0.05, 0.1) is 21.8 Å². The van der Waals surface area contributed by atoms with Crippen LogP contribution in [0.4, 0.5) is 29.1 Å². The molecule has 0 saturated heterocycles. The molecule has 0 saturated carbocycles. The first kappa shape index (κ1) is 22.5. The number of amides is 1. The number of hydrogen-bond donors (Lipinski definition) is 0. The lowest BCUT2D eigenvalue weighted by atomic mass is 9.99. The van der Waals surface area contributed by atoms with Crippen LogP contribution in [0.25, 0.3) is 22.4 Å². The Morgan fingerprint density at radius 2 is 1.76 bits per heavy atom. The summed E-state index contributed by atoms with van der Waals surface area (Å²) in [5.74, 6) is -1.70. The van der Waals surface area contributed by atoms with Gasteiger partial charge in [0.1, 0.15) is 11.5 Å². The zero-order valence-electron chi connectivity index (χ0n) is 16.9. The Bertz CT molecular complexity index is 1320. The highest BCUT2D eigenvalue weighted by molar-refractivity contribution is 6.34. The summed E-state index contributed by atoms with van der Waals surface area (Å²) in [7, 11) is 0. The molecule has 1 amide bonds. The summed E-state index contributed by atoms with van der Waals surface area (Å²) in [5.41, 5.74) is -0.523. The number of pyridine rings is 1. The van der Waals surface area contributed by atoms with E-state index in [4.69, 9.17) is 16.1 Å². The molecule has 0 aliphatic rings. The smallest absolute Gasteiger partial charge is 0.336 e. The Kier molecular flexibility index (Phi) is 5.90. The maximum atomic E-state index is 14.8. The topological polar surface area (TPSA) is 59.2 Å². The molecule has 0 bridgehead atoms. The molecular weight excluding hydrogens is 462 g/mol. The van der Waals surface area contributed by atoms with E-state index in [9.17, 15) is 22.4 Å². The molecule has 168 valence electrons. The average Bonchev–Trinajstić information content (AvgIpc) is 3.19. The number of benzene rings is 2. The Hall–Kier alpha value is -3.72. The van der Waals surface area contributed by atoms with E-state index < -0.39 is 23.5 Å². The maximum Gasteiger partial charge on any atom is 0.416 e. The predicted molar refractivity (Wildman–Crippen MR) is 114 cm³/mol. The number of carbonyl (C=O) groups is 1. The van der Waals surface area contributed by atoms with Crippen molar-refractivity contribution in [1.82, 2.24) is 10.1 Å². The summed E-state index contributed by atoms with van der Waals surface area (Å²) in [6, 6.07) is 11.8. The number of hydrogen-bond acceptors (Lipinski definition) is 4. The van der Waals surface area contributed by atoms with Crippen molar-refractivity contribution in [2.75, 3.05) is 4.90 Å². The van der Waals surface area contributed by atoms with Crippen LogP contribution in [0.3, 0.4) is 0 Å². The first-order valence-corrected chi connectivity index (χ1v) is 9.88. The summed E-state index contributed by atoms with van der Waals surface area (Å²) >= 11 is 6.29. The third-order valence-electron chi connectivity index (χ3n) is 4.81. The van der Waals surface area contributed by atoms with Gasteiger partial charge in [0.2, 0.25) is 11.8 Å². The first-order valence-electron chi connectivity index (χ1n) is 9.51. The largest absolute Gasteiger partial charge is 0.416 e. The highest BCUT2D eigenvalue weighted by Crippen LogP contribution is 2.44. The van der Waals surface area contributed by atoms with Crippen LogP contribution in [0.1, 0.15) is 12.5 Å². The summed E-state index contributed by atoms with van der Waals surface area (Å²) in [6.45, 7) is 1.28. The Morgan fingerprint density at radius 1 is 1.06 bits per heavy atom. The van der Waals surface area contributed by atoms with Gasteiger partial charge in [-0.3, -0.25) is 9.78 Å². The molecular formula is C23H14ClF4N3O2. The molecule has 0 unspecified atom stereocenters. The fourth-order valence-electron chi connectivity index (χ4n) is 3.34. The van der Waals surface area contributed by atoms with Gasteiger partial charge in [0.25, 0.3) is 0 Å². The van der Waals surface area contributed by atoms with Crippen molar-refractivity contribution < 1.29 is 26.9 Å². The second-order valence-corrected chi connectivity index (χ2v) is 7.35. The molecule has 33 heavy (non-hydrogen) atoms. The number of carbonyl (C=O) groups excluding carboxylic acids is 1. The van der Waals surface area contributed by atoms with Crippen LogP contribution in [0.5, 0.6) is 0 Å². The quantitative estimate of drug-likeness (QED) is 0.301. The lowest BCUT2D eigenvalue weighted by Crippen LogP contribution is -2.23. The standard InChI is InChI=1S/C23H14ClF4N3O2/c1-13(32)31(19-5-3-2-4-17(19)24)22-20(14-8-10-29-11-9-14)21(30-33-22)16-7-6-15(12-18(16)25)23(26,27)28/h2-12H,1H3. The van der Waals surface area contributed by atoms with Crippen LogP contribution in [-0.4, -0.2) is 16.0 Å². The van der Waals surface area contributed by atoms with E-state index in [0.29, 0.717) is 11.6 Å². The number of nitrogens with zero attached hydrogens (tertiary/aromatic N) is 3. The summed E-state index contributed by atoms with van der Waals surface area (Å²) in [6.07, 6.45) is -1.78. The van der Waals surface area contributed by atoms with Crippen molar-refractivity contribution in [3.63, 3.8) is 0 Å². The second kappa shape index (κ2) is 8.67. The third-order valence-corrected chi connectivity index (χ3v) is 5.13. The molecule has 10 heteroatoms. The van der Waals surface area contributed by atoms with Crippen molar-refractivity contribution in [3.05, 3.63) is 83.4 Å². The van der Waals surface area contributed by atoms with Gasteiger partial charge in [0.15, 0.2) is 0 Å². The van der Waals surface area contributed by atoms with Crippen molar-refractivity contribution in [2.24, 2.45) is 0 Å². The normalized spacial score (nSPS) is 11.5. The van der Waals surface area contributed by atoms with Gasteiger partial charge < -0.3 is 4.52 Å². The van der Waals surface area contributed by atoms with Gasteiger partial charge in [-0.15, -0.1) is 0 Å². The van der Waals surface area contributed by atoms with Gasteiger partial charge in [-0.1, -0.05) is 28.9 Å². The van der Waals surface area contributed by atoms with Gasteiger partial charge in [-0.2, -0.15) is 13.2 Å². The third kappa shape index (κ3) is 4.31. The number of para-hydroxylation sites is 1. The van der Waals surface area contributed by atoms with E-state index >= 15 is 0 Å². The minimum absolute atomic E-state index is 0.0731. The highest BCUT2D eigenvalue weighted by atomic mass is 35.5. The zero-order chi connectivity index (χ0) is 23.8. The van der Waals surface area contributed by atoms with Crippen LogP contribution in [0.2, 0.25) is 5.02 Å². The van der Waals surface area contributed by atoms with E-state index in [2.05, 4.69) is 10.1 Å². The monoisotopic (exact) mass is 475 g/mol. The fraction of sp³-hybridized carbons (Fsp3) is 0.0870. The van der Waals surface area contributed by atoms with E-state index in [1.807, 2.05) is 0 Å². The average molecular weight is 476 g/mol. The van der Waals surface area contributed by atoms with Crippen molar-refractivity contribution >= 4 is 29.1 Å². The predicted octanol–water partition coefficient (Wildman–Crippen LogP) is 6.90. The SMILES string of the molecule is CC(=O)N(c1ccccc1Cl)c1onc(-c2ccc(C(F)(F)F)cc2F)c1-c1ccncc1. The summed E-state index contributed by atoms with van der Waals surface area (Å²) < 4.78 is 59.3. The molecule has 0 aliphatic carbocycles. The molecule has 0 atom stereocenters. The Morgan fingerprint density at radius 3 is 2.36 bits per heavy atom. The van der Waals surface area contributed by atoms with Crippen LogP contribution < -0.4 is 4.90 Å². The molecule has 5 nitrogen and oxygen atoms in total. The molecule has 0 spiro atoms. The highest BCUT2D eigenvalue weighted by Gasteiger charge is 2.33. The number of aromatic nitrogens is 2. The zero-order valence-corrected chi connectivity index (χ0v) is 17.7. The van der Waals surface area contributed by atoms with E-state index in [1.165, 1.54) is 19.3 Å². The number of rotatable bonds is 4. The van der Waals surface area contributed by atoms with Gasteiger partial charge >= 0.3 is 6.18 Å². The van der Waals surface area contributed by atoms with Crippen molar-refractivity contribution in [2.45, 2.75) is 13.1 Å². The molecule has 0 radical (unpaired) electrons. The molecule has 2 aromatic carbocycles. The van der Waals surface area contributed by atoms with Gasteiger partial charge in [-0.25, -0.2) is 9.29 Å². The summed E-state index contributed by atoms with van der Waals surface area (Å²) in [4.78, 5) is 17.7. The van der Waals surface area contributed by atoms with Crippen LogP contribution in [0, 0.1) is 5.82 Å². The maximum absolute atomic E-state index is 14.8. The number of halogens is 5. The fourth-order valence-corrected chi connectivity index (χ4v) is 3.56. The minimum Gasteiger partial charge on any atom is -0.336 e.